The average Bonchev–Trinajstić information content (AvgIpc) is 3.51. The van der Waals surface area contributed by atoms with Crippen LogP contribution in [0.5, 0.6) is 0 Å². The van der Waals surface area contributed by atoms with Crippen LogP contribution in [0, 0.1) is 11.8 Å². The molecule has 0 aromatic heterocycles. The molecule has 2 aliphatic heterocycles. The van der Waals surface area contributed by atoms with Crippen LogP contribution in [-0.2, 0) is 9.59 Å². The van der Waals surface area contributed by atoms with Gasteiger partial charge in [0, 0.05) is 50.0 Å². The van der Waals surface area contributed by atoms with E-state index < -0.39 is 0 Å². The SMILES string of the molecule is O=C(C1CC1C(=O)N1CCN(c2cccc(Cl)c2)CC1)N1CCCCCC1. The van der Waals surface area contributed by atoms with Crippen LogP contribution < -0.4 is 4.90 Å². The number of carbonyl (C=O) groups is 2. The Balaban J connectivity index is 1.28. The Labute approximate surface area is 166 Å². The zero-order valence-electron chi connectivity index (χ0n) is 15.8. The van der Waals surface area contributed by atoms with E-state index >= 15 is 0 Å². The van der Waals surface area contributed by atoms with E-state index in [9.17, 15) is 9.59 Å². The Morgan fingerprint density at radius 1 is 0.815 bits per heavy atom. The number of likely N-dealkylation sites (tertiary alicyclic amines) is 1. The first kappa shape index (κ1) is 18.6. The van der Waals surface area contributed by atoms with Gasteiger partial charge in [-0.3, -0.25) is 9.59 Å². The lowest BCUT2D eigenvalue weighted by Crippen LogP contribution is -2.49. The minimum atomic E-state index is -0.0847. The normalized spacial score (nSPS) is 25.9. The maximum atomic E-state index is 12.8. The highest BCUT2D eigenvalue weighted by Crippen LogP contribution is 2.42. The molecule has 146 valence electrons. The van der Waals surface area contributed by atoms with E-state index in [1.807, 2.05) is 28.0 Å². The molecular formula is C21H28ClN3O2. The van der Waals surface area contributed by atoms with Crippen LogP contribution in [0.3, 0.4) is 0 Å². The average molecular weight is 390 g/mol. The number of benzene rings is 1. The first-order valence-corrected chi connectivity index (χ1v) is 10.6. The monoisotopic (exact) mass is 389 g/mol. The summed E-state index contributed by atoms with van der Waals surface area (Å²) in [6.07, 6.45) is 5.37. The van der Waals surface area contributed by atoms with Crippen LogP contribution in [0.2, 0.25) is 5.02 Å². The molecule has 0 spiro atoms. The molecule has 1 aliphatic carbocycles. The summed E-state index contributed by atoms with van der Waals surface area (Å²) >= 11 is 6.09. The fraction of sp³-hybridized carbons (Fsp3) is 0.619. The molecule has 1 saturated carbocycles. The first-order valence-electron chi connectivity index (χ1n) is 10.2. The van der Waals surface area contributed by atoms with Gasteiger partial charge in [-0.05, 0) is 37.5 Å². The van der Waals surface area contributed by atoms with Crippen LogP contribution in [0.15, 0.2) is 24.3 Å². The lowest BCUT2D eigenvalue weighted by molar-refractivity contribution is -0.138. The van der Waals surface area contributed by atoms with Gasteiger partial charge < -0.3 is 14.7 Å². The van der Waals surface area contributed by atoms with Gasteiger partial charge in [-0.15, -0.1) is 0 Å². The summed E-state index contributed by atoms with van der Waals surface area (Å²) < 4.78 is 0. The van der Waals surface area contributed by atoms with E-state index in [-0.39, 0.29) is 23.7 Å². The number of anilines is 1. The van der Waals surface area contributed by atoms with Gasteiger partial charge in [0.05, 0.1) is 11.8 Å². The third-order valence-electron chi connectivity index (χ3n) is 6.11. The standard InChI is InChI=1S/C21H28ClN3O2/c22-16-6-5-7-17(14-16)23-10-12-25(13-11-23)21(27)19-15-18(19)20(26)24-8-3-1-2-4-9-24/h5-7,14,18-19H,1-4,8-13,15H2. The summed E-state index contributed by atoms with van der Waals surface area (Å²) in [4.78, 5) is 31.8. The fourth-order valence-electron chi connectivity index (χ4n) is 4.36. The predicted octanol–water partition coefficient (Wildman–Crippen LogP) is 3.03. The van der Waals surface area contributed by atoms with Crippen molar-refractivity contribution in [3.8, 4) is 0 Å². The van der Waals surface area contributed by atoms with Gasteiger partial charge in [0.15, 0.2) is 0 Å². The van der Waals surface area contributed by atoms with Crippen molar-refractivity contribution in [2.24, 2.45) is 11.8 Å². The maximum absolute atomic E-state index is 12.8. The number of nitrogens with zero attached hydrogens (tertiary/aromatic N) is 3. The van der Waals surface area contributed by atoms with E-state index in [0.717, 1.165) is 56.2 Å². The smallest absolute Gasteiger partial charge is 0.226 e. The molecule has 3 fully saturated rings. The molecule has 3 aliphatic rings. The van der Waals surface area contributed by atoms with Gasteiger partial charge in [0.2, 0.25) is 11.8 Å². The number of hydrogen-bond donors (Lipinski definition) is 0. The molecule has 0 bridgehead atoms. The minimum absolute atomic E-state index is 0.0680. The Morgan fingerprint density at radius 3 is 2.00 bits per heavy atom. The highest BCUT2D eigenvalue weighted by molar-refractivity contribution is 6.30. The molecule has 2 saturated heterocycles. The second-order valence-corrected chi connectivity index (χ2v) is 8.42. The van der Waals surface area contributed by atoms with Crippen molar-refractivity contribution < 1.29 is 9.59 Å². The van der Waals surface area contributed by atoms with Gasteiger partial charge in [0.25, 0.3) is 0 Å². The molecule has 2 amide bonds. The number of piperazine rings is 1. The topological polar surface area (TPSA) is 43.9 Å². The zero-order valence-corrected chi connectivity index (χ0v) is 16.5. The minimum Gasteiger partial charge on any atom is -0.368 e. The van der Waals surface area contributed by atoms with Crippen molar-refractivity contribution >= 4 is 29.1 Å². The summed E-state index contributed by atoms with van der Waals surface area (Å²) in [6, 6.07) is 7.85. The van der Waals surface area contributed by atoms with Crippen LogP contribution in [0.1, 0.15) is 32.1 Å². The van der Waals surface area contributed by atoms with E-state index in [4.69, 9.17) is 11.6 Å². The summed E-state index contributed by atoms with van der Waals surface area (Å²) in [5, 5.41) is 0.735. The van der Waals surface area contributed by atoms with Crippen molar-refractivity contribution in [3.05, 3.63) is 29.3 Å². The van der Waals surface area contributed by atoms with Gasteiger partial charge in [-0.25, -0.2) is 0 Å². The van der Waals surface area contributed by atoms with Gasteiger partial charge in [-0.1, -0.05) is 30.5 Å². The van der Waals surface area contributed by atoms with E-state index in [2.05, 4.69) is 11.0 Å². The third-order valence-corrected chi connectivity index (χ3v) is 6.34. The van der Waals surface area contributed by atoms with Crippen LogP contribution in [0.4, 0.5) is 5.69 Å². The Bertz CT molecular complexity index is 694. The Kier molecular flexibility index (Phi) is 5.58. The molecule has 1 aromatic carbocycles. The molecule has 0 radical (unpaired) electrons. The second-order valence-electron chi connectivity index (χ2n) is 7.98. The summed E-state index contributed by atoms with van der Waals surface area (Å²) in [5.74, 6) is 0.238. The zero-order chi connectivity index (χ0) is 18.8. The maximum Gasteiger partial charge on any atom is 0.226 e. The highest BCUT2D eigenvalue weighted by atomic mass is 35.5. The number of hydrogen-bond acceptors (Lipinski definition) is 3. The fourth-order valence-corrected chi connectivity index (χ4v) is 4.54. The molecule has 4 rings (SSSR count). The molecular weight excluding hydrogens is 362 g/mol. The summed E-state index contributed by atoms with van der Waals surface area (Å²) in [6.45, 7) is 4.79. The van der Waals surface area contributed by atoms with E-state index in [1.165, 1.54) is 12.8 Å². The van der Waals surface area contributed by atoms with Crippen LogP contribution in [-0.4, -0.2) is 60.9 Å². The molecule has 6 heteroatoms. The summed E-state index contributed by atoms with van der Waals surface area (Å²) in [7, 11) is 0. The van der Waals surface area contributed by atoms with Crippen LogP contribution in [0.25, 0.3) is 0 Å². The Hall–Kier alpha value is -1.75. The van der Waals surface area contributed by atoms with Crippen molar-refractivity contribution in [2.45, 2.75) is 32.1 Å². The van der Waals surface area contributed by atoms with Crippen molar-refractivity contribution in [3.63, 3.8) is 0 Å². The lowest BCUT2D eigenvalue weighted by atomic mass is 10.2. The number of amides is 2. The number of carbonyl (C=O) groups excluding carboxylic acids is 2. The predicted molar refractivity (Wildman–Crippen MR) is 107 cm³/mol. The van der Waals surface area contributed by atoms with Gasteiger partial charge in [0.1, 0.15) is 0 Å². The molecule has 5 nitrogen and oxygen atoms in total. The quantitative estimate of drug-likeness (QED) is 0.798. The Morgan fingerprint density at radius 2 is 1.41 bits per heavy atom. The number of halogens is 1. The van der Waals surface area contributed by atoms with E-state index in [1.54, 1.807) is 0 Å². The molecule has 1 aromatic rings. The van der Waals surface area contributed by atoms with E-state index in [0.29, 0.717) is 13.1 Å². The van der Waals surface area contributed by atoms with Crippen molar-refractivity contribution in [1.82, 2.24) is 9.80 Å². The van der Waals surface area contributed by atoms with Crippen molar-refractivity contribution in [1.29, 1.82) is 0 Å². The molecule has 2 heterocycles. The lowest BCUT2D eigenvalue weighted by Gasteiger charge is -2.36. The van der Waals surface area contributed by atoms with Gasteiger partial charge >= 0.3 is 0 Å². The van der Waals surface area contributed by atoms with Crippen LogP contribution >= 0.6 is 11.6 Å². The highest BCUT2D eigenvalue weighted by Gasteiger charge is 2.51. The third kappa shape index (κ3) is 4.23. The molecule has 2 atom stereocenters. The number of rotatable bonds is 3. The molecule has 0 N–H and O–H groups in total. The molecule has 27 heavy (non-hydrogen) atoms. The second kappa shape index (κ2) is 8.09. The van der Waals surface area contributed by atoms with Gasteiger partial charge in [-0.2, -0.15) is 0 Å². The largest absolute Gasteiger partial charge is 0.368 e. The summed E-state index contributed by atoms with van der Waals surface area (Å²) in [5.41, 5.74) is 1.11. The molecule has 2 unspecified atom stereocenters. The first-order chi connectivity index (χ1) is 13.1. The van der Waals surface area contributed by atoms with Crippen molar-refractivity contribution in [2.75, 3.05) is 44.2 Å².